The third-order valence-corrected chi connectivity index (χ3v) is 5.52. The van der Waals surface area contributed by atoms with Crippen LogP contribution in [0.2, 0.25) is 5.02 Å². The fraction of sp³-hybridized carbons (Fsp3) is 0.350. The number of rotatable bonds is 7. The number of nitrogens with zero attached hydrogens (tertiary/aromatic N) is 1. The third kappa shape index (κ3) is 3.30. The van der Waals surface area contributed by atoms with Crippen molar-refractivity contribution in [1.29, 1.82) is 0 Å². The Morgan fingerprint density at radius 3 is 2.71 bits per heavy atom. The highest BCUT2D eigenvalue weighted by molar-refractivity contribution is 6.34. The zero-order valence-corrected chi connectivity index (χ0v) is 16.5. The van der Waals surface area contributed by atoms with E-state index in [2.05, 4.69) is 20.6 Å². The zero-order chi connectivity index (χ0) is 19.7. The molecule has 1 aliphatic carbocycles. The minimum Gasteiger partial charge on any atom is -0.495 e. The van der Waals surface area contributed by atoms with Gasteiger partial charge in [0.05, 0.1) is 25.6 Å². The Labute approximate surface area is 167 Å². The molecule has 1 aliphatic rings. The number of fused-ring (bicyclic) bond motifs is 1. The van der Waals surface area contributed by atoms with Crippen molar-refractivity contribution in [3.8, 4) is 11.5 Å². The van der Waals surface area contributed by atoms with E-state index in [9.17, 15) is 4.39 Å². The van der Waals surface area contributed by atoms with E-state index >= 15 is 0 Å². The van der Waals surface area contributed by atoms with E-state index in [1.54, 1.807) is 6.20 Å². The summed E-state index contributed by atoms with van der Waals surface area (Å²) in [6.07, 6.45) is 7.18. The van der Waals surface area contributed by atoms with Crippen LogP contribution in [0.25, 0.3) is 11.0 Å². The molecule has 1 saturated carbocycles. The summed E-state index contributed by atoms with van der Waals surface area (Å²) in [5, 5.41) is 7.89. The van der Waals surface area contributed by atoms with Crippen LogP contribution in [0, 0.1) is 5.82 Å². The molecule has 148 valence electrons. The quantitative estimate of drug-likeness (QED) is 0.519. The van der Waals surface area contributed by atoms with Gasteiger partial charge in [0.2, 0.25) is 0 Å². The van der Waals surface area contributed by atoms with Crippen molar-refractivity contribution in [2.45, 2.75) is 31.8 Å². The predicted molar refractivity (Wildman–Crippen MR) is 109 cm³/mol. The number of nitrogens with one attached hydrogen (secondary N) is 3. The van der Waals surface area contributed by atoms with Crippen LogP contribution < -0.4 is 20.1 Å². The summed E-state index contributed by atoms with van der Waals surface area (Å²) < 4.78 is 25.1. The molecule has 8 heteroatoms. The van der Waals surface area contributed by atoms with Gasteiger partial charge in [-0.15, -0.1) is 0 Å². The molecule has 4 rings (SSSR count). The number of hydrogen-bond donors (Lipinski definition) is 3. The number of halogens is 2. The van der Waals surface area contributed by atoms with Crippen LogP contribution in [0.1, 0.15) is 24.8 Å². The number of methoxy groups -OCH3 is 2. The first-order chi connectivity index (χ1) is 13.6. The van der Waals surface area contributed by atoms with Gasteiger partial charge in [0.25, 0.3) is 0 Å². The van der Waals surface area contributed by atoms with Crippen molar-refractivity contribution in [2.75, 3.05) is 24.9 Å². The van der Waals surface area contributed by atoms with E-state index in [1.807, 2.05) is 12.3 Å². The Bertz CT molecular complexity index is 975. The second-order valence-electron chi connectivity index (χ2n) is 6.81. The first-order valence-corrected chi connectivity index (χ1v) is 9.55. The van der Waals surface area contributed by atoms with Crippen molar-refractivity contribution in [3.63, 3.8) is 0 Å². The number of ether oxygens (including phenoxy) is 2. The molecule has 6 nitrogen and oxygen atoms in total. The minimum absolute atomic E-state index is 0.0655. The molecule has 0 unspecified atom stereocenters. The number of hydrogen-bond acceptors (Lipinski definition) is 5. The summed E-state index contributed by atoms with van der Waals surface area (Å²) in [5.41, 5.74) is 2.89. The molecule has 3 aromatic rings. The number of pyridine rings is 1. The number of aromatic nitrogens is 2. The molecule has 0 bridgehead atoms. The Kier molecular flexibility index (Phi) is 5.17. The maximum Gasteiger partial charge on any atom is 0.189 e. The fourth-order valence-corrected chi connectivity index (χ4v) is 3.62. The molecule has 0 aliphatic heterocycles. The van der Waals surface area contributed by atoms with Gasteiger partial charge in [-0.1, -0.05) is 11.6 Å². The molecule has 0 radical (unpaired) electrons. The maximum atomic E-state index is 14.8. The van der Waals surface area contributed by atoms with Crippen LogP contribution in [0.3, 0.4) is 0 Å². The van der Waals surface area contributed by atoms with Gasteiger partial charge >= 0.3 is 0 Å². The molecular formula is C20H22ClFN4O2. The van der Waals surface area contributed by atoms with Gasteiger partial charge in [0, 0.05) is 42.0 Å². The highest BCUT2D eigenvalue weighted by Gasteiger charge is 2.22. The molecule has 0 amide bonds. The predicted octanol–water partition coefficient (Wildman–Crippen LogP) is 4.95. The molecule has 2 aromatic heterocycles. The molecule has 28 heavy (non-hydrogen) atoms. The molecule has 3 N–H and O–H groups in total. The van der Waals surface area contributed by atoms with Crippen molar-refractivity contribution in [3.05, 3.63) is 40.9 Å². The molecule has 1 fully saturated rings. The van der Waals surface area contributed by atoms with Crippen LogP contribution in [0.4, 0.5) is 15.8 Å². The lowest BCUT2D eigenvalue weighted by atomic mass is 9.92. The van der Waals surface area contributed by atoms with E-state index in [4.69, 9.17) is 21.1 Å². The van der Waals surface area contributed by atoms with E-state index in [0.29, 0.717) is 18.3 Å². The number of H-pyrrole nitrogens is 1. The molecule has 1 aromatic carbocycles. The average molecular weight is 405 g/mol. The lowest BCUT2D eigenvalue weighted by Gasteiger charge is -2.29. The van der Waals surface area contributed by atoms with E-state index in [0.717, 1.165) is 35.1 Å². The summed E-state index contributed by atoms with van der Waals surface area (Å²) in [7, 11) is 2.88. The lowest BCUT2D eigenvalue weighted by Crippen LogP contribution is -2.27. The van der Waals surface area contributed by atoms with Crippen molar-refractivity contribution in [1.82, 2.24) is 9.97 Å². The van der Waals surface area contributed by atoms with Gasteiger partial charge in [-0.2, -0.15) is 0 Å². The normalized spacial score (nSPS) is 14.0. The van der Waals surface area contributed by atoms with Crippen LogP contribution in [-0.2, 0) is 6.54 Å². The van der Waals surface area contributed by atoms with Crippen molar-refractivity contribution < 1.29 is 13.9 Å². The number of aromatic amines is 1. The average Bonchev–Trinajstić information content (AvgIpc) is 3.14. The molecular weight excluding hydrogens is 383 g/mol. The van der Waals surface area contributed by atoms with Gasteiger partial charge in [0.15, 0.2) is 11.6 Å². The van der Waals surface area contributed by atoms with Crippen LogP contribution >= 0.6 is 11.6 Å². The van der Waals surface area contributed by atoms with E-state index in [1.165, 1.54) is 26.7 Å². The summed E-state index contributed by atoms with van der Waals surface area (Å²) in [5.74, 6) is -0.150. The summed E-state index contributed by atoms with van der Waals surface area (Å²) in [4.78, 5) is 7.60. The van der Waals surface area contributed by atoms with Crippen LogP contribution in [0.5, 0.6) is 11.5 Å². The highest BCUT2D eigenvalue weighted by atomic mass is 35.5. The number of anilines is 2. The second-order valence-corrected chi connectivity index (χ2v) is 7.19. The first-order valence-electron chi connectivity index (χ1n) is 9.17. The highest BCUT2D eigenvalue weighted by Crippen LogP contribution is 2.40. The van der Waals surface area contributed by atoms with Crippen LogP contribution in [-0.4, -0.2) is 30.2 Å². The smallest absolute Gasteiger partial charge is 0.189 e. The van der Waals surface area contributed by atoms with E-state index in [-0.39, 0.29) is 16.5 Å². The largest absolute Gasteiger partial charge is 0.495 e. The second kappa shape index (κ2) is 7.75. The topological polar surface area (TPSA) is 71.2 Å². The molecule has 0 atom stereocenters. The Balaban J connectivity index is 1.67. The fourth-order valence-electron chi connectivity index (χ4n) is 3.33. The monoisotopic (exact) mass is 404 g/mol. The Hall–Kier alpha value is -2.67. The van der Waals surface area contributed by atoms with Gasteiger partial charge in [-0.25, -0.2) is 9.37 Å². The Morgan fingerprint density at radius 1 is 1.25 bits per heavy atom. The van der Waals surface area contributed by atoms with Gasteiger partial charge < -0.3 is 25.1 Å². The molecule has 2 heterocycles. The number of benzene rings is 1. The van der Waals surface area contributed by atoms with Gasteiger partial charge in [0.1, 0.15) is 16.4 Å². The van der Waals surface area contributed by atoms with Gasteiger partial charge in [-0.05, 0) is 25.3 Å². The third-order valence-electron chi connectivity index (χ3n) is 5.15. The molecule has 0 saturated heterocycles. The summed E-state index contributed by atoms with van der Waals surface area (Å²) in [6.45, 7) is 0.343. The minimum atomic E-state index is -0.558. The SMILES string of the molecule is COc1cc(OC)c(Cl)c(NCc2cnc3[nH]ccc3c2NC2CCC2)c1F. The standard InChI is InChI=1S/C20H22ClFN4O2/c1-27-14-8-15(28-2)17(22)19(16(14)21)24-9-11-10-25-20-13(6-7-23-20)18(11)26-12-4-3-5-12/h6-8,10,12,24H,3-5,9H2,1-2H3,(H2,23,25,26). The lowest BCUT2D eigenvalue weighted by molar-refractivity contribution is 0.375. The van der Waals surface area contributed by atoms with Crippen molar-refractivity contribution in [2.24, 2.45) is 0 Å². The van der Waals surface area contributed by atoms with Gasteiger partial charge in [-0.3, -0.25) is 0 Å². The summed E-state index contributed by atoms with van der Waals surface area (Å²) >= 11 is 6.32. The zero-order valence-electron chi connectivity index (χ0n) is 15.7. The Morgan fingerprint density at radius 2 is 2.04 bits per heavy atom. The van der Waals surface area contributed by atoms with E-state index < -0.39 is 5.82 Å². The summed E-state index contributed by atoms with van der Waals surface area (Å²) in [6, 6.07) is 3.88. The van der Waals surface area contributed by atoms with Crippen molar-refractivity contribution >= 4 is 34.0 Å². The first kappa shape index (κ1) is 18.7. The molecule has 0 spiro atoms. The maximum absolute atomic E-state index is 14.8. The van der Waals surface area contributed by atoms with Crippen LogP contribution in [0.15, 0.2) is 24.5 Å².